The number of nitrogens with one attached hydrogen (secondary N) is 1. The zero-order valence-corrected chi connectivity index (χ0v) is 12.6. The fourth-order valence-corrected chi connectivity index (χ4v) is 2.42. The van der Waals surface area contributed by atoms with E-state index in [1.54, 1.807) is 6.26 Å². The minimum atomic E-state index is 0.554. The molecule has 0 saturated heterocycles. The molecule has 2 aromatic heterocycles. The first kappa shape index (κ1) is 13.6. The molecule has 0 radical (unpaired) electrons. The maximum atomic E-state index is 5.60. The van der Waals surface area contributed by atoms with E-state index >= 15 is 0 Å². The third-order valence-corrected chi connectivity index (χ3v) is 3.37. The second-order valence-corrected chi connectivity index (χ2v) is 5.56. The smallest absolute Gasteiger partial charge is 0.165 e. The first-order chi connectivity index (χ1) is 10.2. The second-order valence-electron chi connectivity index (χ2n) is 5.56. The van der Waals surface area contributed by atoms with Gasteiger partial charge in [0.05, 0.1) is 5.56 Å². The van der Waals surface area contributed by atoms with Crippen molar-refractivity contribution in [2.24, 2.45) is 5.92 Å². The van der Waals surface area contributed by atoms with Crippen molar-refractivity contribution in [2.75, 3.05) is 12.4 Å². The Labute approximate surface area is 124 Å². The molecule has 108 valence electrons. The van der Waals surface area contributed by atoms with Gasteiger partial charge in [-0.25, -0.2) is 9.97 Å². The highest BCUT2D eigenvalue weighted by atomic mass is 16.3. The fraction of sp³-hybridized carbons (Fsp3) is 0.294. The lowest BCUT2D eigenvalue weighted by Crippen LogP contribution is -2.03. The van der Waals surface area contributed by atoms with Gasteiger partial charge in [-0.2, -0.15) is 0 Å². The van der Waals surface area contributed by atoms with E-state index in [0.717, 1.165) is 34.5 Å². The molecule has 0 amide bonds. The largest absolute Gasteiger partial charge is 0.464 e. The van der Waals surface area contributed by atoms with Crippen LogP contribution in [0.5, 0.6) is 0 Å². The molecule has 4 nitrogen and oxygen atoms in total. The van der Waals surface area contributed by atoms with Crippen LogP contribution < -0.4 is 5.32 Å². The van der Waals surface area contributed by atoms with Crippen molar-refractivity contribution in [3.05, 3.63) is 42.3 Å². The first-order valence-corrected chi connectivity index (χ1v) is 7.19. The van der Waals surface area contributed by atoms with E-state index in [1.165, 1.54) is 0 Å². The summed E-state index contributed by atoms with van der Waals surface area (Å²) in [5.74, 6) is 2.10. The van der Waals surface area contributed by atoms with Crippen LogP contribution in [0.3, 0.4) is 0 Å². The van der Waals surface area contributed by atoms with E-state index in [2.05, 4.69) is 24.1 Å². The lowest BCUT2D eigenvalue weighted by molar-refractivity contribution is 0.616. The van der Waals surface area contributed by atoms with Crippen molar-refractivity contribution in [3.63, 3.8) is 0 Å². The summed E-state index contributed by atoms with van der Waals surface area (Å²) in [7, 11) is 1.87. The van der Waals surface area contributed by atoms with Crippen molar-refractivity contribution >= 4 is 16.8 Å². The minimum absolute atomic E-state index is 0.554. The van der Waals surface area contributed by atoms with Gasteiger partial charge in [0, 0.05) is 24.2 Å². The van der Waals surface area contributed by atoms with Gasteiger partial charge in [-0.15, -0.1) is 0 Å². The zero-order chi connectivity index (χ0) is 14.8. The van der Waals surface area contributed by atoms with Gasteiger partial charge in [-0.05, 0) is 18.4 Å². The van der Waals surface area contributed by atoms with E-state index in [4.69, 9.17) is 9.40 Å². The molecule has 0 saturated carbocycles. The molecule has 2 heterocycles. The van der Waals surface area contributed by atoms with Gasteiger partial charge in [0.1, 0.15) is 17.7 Å². The highest BCUT2D eigenvalue weighted by molar-refractivity contribution is 5.92. The molecular weight excluding hydrogens is 262 g/mol. The molecule has 0 bridgehead atoms. The topological polar surface area (TPSA) is 51.0 Å². The van der Waals surface area contributed by atoms with Crippen LogP contribution in [0.25, 0.3) is 22.4 Å². The fourth-order valence-electron chi connectivity index (χ4n) is 2.42. The average Bonchev–Trinajstić information content (AvgIpc) is 2.90. The Bertz CT molecular complexity index is 762. The summed E-state index contributed by atoms with van der Waals surface area (Å²) in [6.07, 6.45) is 2.67. The molecule has 0 spiro atoms. The number of fused-ring (bicyclic) bond motifs is 1. The maximum absolute atomic E-state index is 5.60. The van der Waals surface area contributed by atoms with Gasteiger partial charge in [-0.1, -0.05) is 32.0 Å². The number of rotatable bonds is 4. The molecule has 21 heavy (non-hydrogen) atoms. The molecule has 1 N–H and O–H groups in total. The number of benzene rings is 1. The lowest BCUT2D eigenvalue weighted by atomic mass is 10.1. The Kier molecular flexibility index (Phi) is 3.60. The van der Waals surface area contributed by atoms with Crippen LogP contribution in [0.4, 0.5) is 5.82 Å². The number of hydrogen-bond acceptors (Lipinski definition) is 4. The Morgan fingerprint density at radius 2 is 2.00 bits per heavy atom. The summed E-state index contributed by atoms with van der Waals surface area (Å²) in [5, 5.41) is 4.15. The highest BCUT2D eigenvalue weighted by Gasteiger charge is 2.13. The maximum Gasteiger partial charge on any atom is 0.165 e. The molecule has 0 aliphatic rings. The van der Waals surface area contributed by atoms with Crippen LogP contribution in [0.15, 0.2) is 41.0 Å². The zero-order valence-electron chi connectivity index (χ0n) is 12.6. The Morgan fingerprint density at radius 3 is 2.76 bits per heavy atom. The van der Waals surface area contributed by atoms with Gasteiger partial charge in [0.2, 0.25) is 0 Å². The van der Waals surface area contributed by atoms with E-state index in [1.807, 2.05) is 37.4 Å². The first-order valence-electron chi connectivity index (χ1n) is 7.19. The van der Waals surface area contributed by atoms with Crippen molar-refractivity contribution in [1.29, 1.82) is 0 Å². The molecule has 0 unspecified atom stereocenters. The number of anilines is 1. The summed E-state index contributed by atoms with van der Waals surface area (Å²) in [6, 6.07) is 9.95. The van der Waals surface area contributed by atoms with Crippen LogP contribution >= 0.6 is 0 Å². The van der Waals surface area contributed by atoms with Crippen molar-refractivity contribution in [1.82, 2.24) is 9.97 Å². The summed E-state index contributed by atoms with van der Waals surface area (Å²) in [5.41, 5.74) is 2.84. The molecule has 0 aliphatic heterocycles. The van der Waals surface area contributed by atoms with Gasteiger partial charge >= 0.3 is 0 Å². The van der Waals surface area contributed by atoms with Crippen LogP contribution in [-0.4, -0.2) is 17.0 Å². The van der Waals surface area contributed by atoms with Gasteiger partial charge < -0.3 is 9.73 Å². The van der Waals surface area contributed by atoms with Crippen molar-refractivity contribution < 1.29 is 4.42 Å². The second kappa shape index (κ2) is 5.56. The Hall–Kier alpha value is -2.36. The van der Waals surface area contributed by atoms with E-state index in [0.29, 0.717) is 11.7 Å². The quantitative estimate of drug-likeness (QED) is 0.781. The lowest BCUT2D eigenvalue weighted by Gasteiger charge is -2.09. The van der Waals surface area contributed by atoms with Crippen molar-refractivity contribution in [3.8, 4) is 11.4 Å². The molecule has 3 rings (SSSR count). The van der Waals surface area contributed by atoms with E-state index < -0.39 is 0 Å². The Balaban J connectivity index is 2.12. The van der Waals surface area contributed by atoms with Gasteiger partial charge in [0.15, 0.2) is 5.82 Å². The predicted molar refractivity (Wildman–Crippen MR) is 85.3 cm³/mol. The molecule has 1 aromatic carbocycles. The molecule has 0 fully saturated rings. The van der Waals surface area contributed by atoms with Crippen LogP contribution in [0.1, 0.15) is 19.5 Å². The molecule has 4 heteroatoms. The number of para-hydroxylation sites is 1. The minimum Gasteiger partial charge on any atom is -0.464 e. The third-order valence-electron chi connectivity index (χ3n) is 3.37. The number of furan rings is 1. The van der Waals surface area contributed by atoms with Crippen LogP contribution in [0, 0.1) is 5.92 Å². The molecular formula is C17H19N3O. The summed E-state index contributed by atoms with van der Waals surface area (Å²) in [4.78, 5) is 9.27. The van der Waals surface area contributed by atoms with Gasteiger partial charge in [-0.3, -0.25) is 0 Å². The summed E-state index contributed by atoms with van der Waals surface area (Å²) in [6.45, 7) is 4.38. The average molecular weight is 281 g/mol. The molecule has 3 aromatic rings. The van der Waals surface area contributed by atoms with Crippen LogP contribution in [0.2, 0.25) is 0 Å². The standard InChI is InChI=1S/C17H19N3O/c1-11(2)8-12-9-16(18-3)20-17(19-12)14-10-21-15-7-5-4-6-13(14)15/h4-7,9-11H,8H2,1-3H3,(H,18,19,20). The summed E-state index contributed by atoms with van der Waals surface area (Å²) >= 11 is 0. The normalized spacial score (nSPS) is 11.2. The number of hydrogen-bond donors (Lipinski definition) is 1. The van der Waals surface area contributed by atoms with E-state index in [-0.39, 0.29) is 0 Å². The number of nitrogens with zero attached hydrogens (tertiary/aromatic N) is 2. The monoisotopic (exact) mass is 281 g/mol. The highest BCUT2D eigenvalue weighted by Crippen LogP contribution is 2.29. The molecule has 0 aliphatic carbocycles. The summed E-state index contributed by atoms with van der Waals surface area (Å²) < 4.78 is 5.60. The van der Waals surface area contributed by atoms with Crippen molar-refractivity contribution in [2.45, 2.75) is 20.3 Å². The predicted octanol–water partition coefficient (Wildman–Crippen LogP) is 4.13. The number of aromatic nitrogens is 2. The third kappa shape index (κ3) is 2.75. The van der Waals surface area contributed by atoms with Gasteiger partial charge in [0.25, 0.3) is 0 Å². The molecule has 0 atom stereocenters. The van der Waals surface area contributed by atoms with Crippen LogP contribution in [-0.2, 0) is 6.42 Å². The Morgan fingerprint density at radius 1 is 1.19 bits per heavy atom. The SMILES string of the molecule is CNc1cc(CC(C)C)nc(-c2coc3ccccc23)n1. The van der Waals surface area contributed by atoms with E-state index in [9.17, 15) is 0 Å².